The molecule has 10 aromatic carbocycles. The quantitative estimate of drug-likeness (QED) is 0.0686. The molecule has 0 unspecified atom stereocenters. The van der Waals surface area contributed by atoms with Crippen molar-refractivity contribution in [1.29, 1.82) is 0 Å². The van der Waals surface area contributed by atoms with Crippen LogP contribution in [0, 0.1) is 0 Å². The fraction of sp³-hybridized carbons (Fsp3) is 0.0800. The van der Waals surface area contributed by atoms with Gasteiger partial charge >= 0.3 is 11.9 Å². The Bertz CT molecular complexity index is 2770. The molecule has 258 valence electrons. The number of carbonyl (C=O) groups is 2. The summed E-state index contributed by atoms with van der Waals surface area (Å²) in [6, 6.07) is 54.2. The summed E-state index contributed by atoms with van der Waals surface area (Å²) < 4.78 is 10.7. The van der Waals surface area contributed by atoms with Crippen LogP contribution in [0.15, 0.2) is 158 Å². The highest BCUT2D eigenvalue weighted by Gasteiger charge is 2.20. The molecule has 4 nitrogen and oxygen atoms in total. The van der Waals surface area contributed by atoms with Crippen LogP contribution < -0.4 is 9.47 Å². The summed E-state index contributed by atoms with van der Waals surface area (Å²) in [5.74, 6) is -1.53. The zero-order valence-electron chi connectivity index (χ0n) is 29.5. The fourth-order valence-electron chi connectivity index (χ4n) is 8.33. The minimum atomic E-state index is -1.06. The molecule has 0 radical (unpaired) electrons. The maximum atomic E-state index is 12.6. The van der Waals surface area contributed by atoms with Crippen LogP contribution >= 0.6 is 0 Å². The van der Waals surface area contributed by atoms with Crippen LogP contribution in [0.2, 0.25) is 0 Å². The predicted octanol–water partition coefficient (Wildman–Crippen LogP) is 11.6. The van der Waals surface area contributed by atoms with E-state index in [1.807, 2.05) is 24.3 Å². The van der Waals surface area contributed by atoms with Crippen molar-refractivity contribution in [2.45, 2.75) is 25.7 Å². The van der Waals surface area contributed by atoms with Gasteiger partial charge in [-0.15, -0.1) is 0 Å². The molecule has 54 heavy (non-hydrogen) atoms. The Morgan fingerprint density at radius 3 is 1.06 bits per heavy atom. The van der Waals surface area contributed by atoms with Crippen molar-refractivity contribution in [2.75, 3.05) is 0 Å². The van der Waals surface area contributed by atoms with E-state index >= 15 is 0 Å². The molecule has 10 rings (SSSR count). The van der Waals surface area contributed by atoms with E-state index in [4.69, 9.17) is 9.47 Å². The summed E-state index contributed by atoms with van der Waals surface area (Å²) in [7, 11) is 0. The second-order valence-corrected chi connectivity index (χ2v) is 14.2. The molecule has 0 heterocycles. The van der Waals surface area contributed by atoms with Crippen molar-refractivity contribution >= 4 is 76.6 Å². The molecule has 0 atom stereocenters. The van der Waals surface area contributed by atoms with Crippen molar-refractivity contribution < 1.29 is 19.1 Å². The van der Waals surface area contributed by atoms with Gasteiger partial charge < -0.3 is 9.47 Å². The Morgan fingerprint density at radius 2 is 0.667 bits per heavy atom. The molecule has 0 bridgehead atoms. The standard InChI is InChI=1S/C50H34O4/c51-49(53-41-25-9-31(10-26-41)7-13-33-15-17-39-21-19-35-3-1-5-37-23-29-43(33)47(39)45(35)37)50(52)54-42-27-11-32(12-28-42)8-14-34-16-18-40-22-20-36-4-2-6-38-24-30-44(34)48(40)46(36)38/h1-6,9-12,15-30H,7-8,13-14H2. The molecule has 0 saturated carbocycles. The first-order valence-electron chi connectivity index (χ1n) is 18.5. The first-order valence-corrected chi connectivity index (χ1v) is 18.5. The average Bonchev–Trinajstić information content (AvgIpc) is 3.22. The first-order chi connectivity index (χ1) is 26.6. The van der Waals surface area contributed by atoms with Gasteiger partial charge in [-0.3, -0.25) is 0 Å². The molecule has 0 aromatic heterocycles. The maximum absolute atomic E-state index is 12.6. The summed E-state index contributed by atoms with van der Waals surface area (Å²) in [5, 5.41) is 15.4. The van der Waals surface area contributed by atoms with E-state index in [2.05, 4.69) is 109 Å². The number of hydrogen-bond acceptors (Lipinski definition) is 4. The Balaban J connectivity index is 0.754. The van der Waals surface area contributed by atoms with Crippen LogP contribution in [-0.2, 0) is 35.3 Å². The minimum Gasteiger partial charge on any atom is -0.418 e. The van der Waals surface area contributed by atoms with E-state index < -0.39 is 11.9 Å². The third-order valence-corrected chi connectivity index (χ3v) is 11.0. The zero-order chi connectivity index (χ0) is 36.2. The summed E-state index contributed by atoms with van der Waals surface area (Å²) in [6.45, 7) is 0. The van der Waals surface area contributed by atoms with E-state index in [0.29, 0.717) is 11.5 Å². The molecule has 0 aliphatic heterocycles. The topological polar surface area (TPSA) is 52.6 Å². The molecule has 4 heteroatoms. The summed E-state index contributed by atoms with van der Waals surface area (Å²) in [4.78, 5) is 25.3. The van der Waals surface area contributed by atoms with Crippen LogP contribution in [0.1, 0.15) is 22.3 Å². The lowest BCUT2D eigenvalue weighted by molar-refractivity contribution is -0.156. The maximum Gasteiger partial charge on any atom is 0.423 e. The second-order valence-electron chi connectivity index (χ2n) is 14.2. The molecule has 0 aliphatic carbocycles. The Hall–Kier alpha value is -6.78. The molecular formula is C50H34O4. The van der Waals surface area contributed by atoms with Crippen molar-refractivity contribution in [3.8, 4) is 11.5 Å². The highest BCUT2D eigenvalue weighted by Crippen LogP contribution is 2.38. The number of rotatable bonds is 8. The van der Waals surface area contributed by atoms with Gasteiger partial charge in [-0.25, -0.2) is 9.59 Å². The van der Waals surface area contributed by atoms with Crippen LogP contribution in [-0.4, -0.2) is 11.9 Å². The highest BCUT2D eigenvalue weighted by molar-refractivity contribution is 6.31. The number of hydrogen-bond donors (Lipinski definition) is 0. The summed E-state index contributed by atoms with van der Waals surface area (Å²) >= 11 is 0. The van der Waals surface area contributed by atoms with Crippen molar-refractivity contribution in [3.63, 3.8) is 0 Å². The Labute approximate surface area is 311 Å². The van der Waals surface area contributed by atoms with Crippen molar-refractivity contribution in [3.05, 3.63) is 180 Å². The normalized spacial score (nSPS) is 11.8. The average molecular weight is 699 g/mol. The number of carbonyl (C=O) groups excluding carboxylic acids is 2. The molecule has 0 aliphatic rings. The van der Waals surface area contributed by atoms with Gasteiger partial charge in [0.2, 0.25) is 0 Å². The second kappa shape index (κ2) is 13.0. The van der Waals surface area contributed by atoms with Gasteiger partial charge in [-0.1, -0.05) is 133 Å². The largest absolute Gasteiger partial charge is 0.423 e. The third-order valence-electron chi connectivity index (χ3n) is 11.0. The van der Waals surface area contributed by atoms with Crippen molar-refractivity contribution in [2.24, 2.45) is 0 Å². The van der Waals surface area contributed by atoms with Gasteiger partial charge in [-0.05, 0) is 137 Å². The van der Waals surface area contributed by atoms with E-state index in [0.717, 1.165) is 36.8 Å². The van der Waals surface area contributed by atoms with Crippen molar-refractivity contribution in [1.82, 2.24) is 0 Å². The van der Waals surface area contributed by atoms with E-state index in [1.54, 1.807) is 24.3 Å². The van der Waals surface area contributed by atoms with Crippen LogP contribution in [0.25, 0.3) is 64.6 Å². The van der Waals surface area contributed by atoms with Crippen LogP contribution in [0.4, 0.5) is 0 Å². The van der Waals surface area contributed by atoms with Gasteiger partial charge in [0.15, 0.2) is 0 Å². The predicted molar refractivity (Wildman–Crippen MR) is 219 cm³/mol. The minimum absolute atomic E-state index is 0.297. The lowest BCUT2D eigenvalue weighted by atomic mass is 9.90. The smallest absolute Gasteiger partial charge is 0.418 e. The zero-order valence-corrected chi connectivity index (χ0v) is 29.5. The van der Waals surface area contributed by atoms with Gasteiger partial charge in [0.05, 0.1) is 0 Å². The Kier molecular flexibility index (Phi) is 7.69. The molecular weight excluding hydrogens is 665 g/mol. The van der Waals surface area contributed by atoms with Gasteiger partial charge in [-0.2, -0.15) is 0 Å². The molecule has 0 saturated heterocycles. The molecule has 0 fully saturated rings. The van der Waals surface area contributed by atoms with Gasteiger partial charge in [0.25, 0.3) is 0 Å². The Morgan fingerprint density at radius 1 is 0.333 bits per heavy atom. The highest BCUT2D eigenvalue weighted by atomic mass is 16.6. The van der Waals surface area contributed by atoms with Crippen LogP contribution in [0.5, 0.6) is 11.5 Å². The molecule has 0 amide bonds. The number of esters is 2. The number of ether oxygens (including phenoxy) is 2. The van der Waals surface area contributed by atoms with Crippen LogP contribution in [0.3, 0.4) is 0 Å². The summed E-state index contributed by atoms with van der Waals surface area (Å²) in [5.41, 5.74) is 4.83. The molecule has 10 aromatic rings. The monoisotopic (exact) mass is 698 g/mol. The molecule has 0 N–H and O–H groups in total. The van der Waals surface area contributed by atoms with Gasteiger partial charge in [0, 0.05) is 0 Å². The lowest BCUT2D eigenvalue weighted by Crippen LogP contribution is -2.25. The SMILES string of the molecule is O=C(Oc1ccc(CCc2ccc3ccc4cccc5ccc2c3c45)cc1)C(=O)Oc1ccc(CCc2ccc3ccc4cccc5ccc2c3c45)cc1. The van der Waals surface area contributed by atoms with E-state index in [9.17, 15) is 9.59 Å². The van der Waals surface area contributed by atoms with E-state index in [-0.39, 0.29) is 0 Å². The van der Waals surface area contributed by atoms with Gasteiger partial charge in [0.1, 0.15) is 11.5 Å². The number of aryl methyl sites for hydroxylation is 4. The third kappa shape index (κ3) is 5.64. The first kappa shape index (κ1) is 31.9. The fourth-order valence-corrected chi connectivity index (χ4v) is 8.33. The summed E-state index contributed by atoms with van der Waals surface area (Å²) in [6.07, 6.45) is 3.40. The van der Waals surface area contributed by atoms with E-state index in [1.165, 1.54) is 75.8 Å². The number of benzene rings is 10. The molecule has 0 spiro atoms. The lowest BCUT2D eigenvalue weighted by Gasteiger charge is -2.14.